The molecule has 1 aromatic rings. The Hall–Kier alpha value is -1.44. The van der Waals surface area contributed by atoms with Crippen LogP contribution in [0.25, 0.3) is 0 Å². The van der Waals surface area contributed by atoms with E-state index >= 15 is 0 Å². The van der Waals surface area contributed by atoms with Crippen LogP contribution in [0.15, 0.2) is 21.9 Å². The summed E-state index contributed by atoms with van der Waals surface area (Å²) in [6.45, 7) is 1.92. The van der Waals surface area contributed by atoms with E-state index in [1.54, 1.807) is 0 Å². The molecule has 2 saturated heterocycles. The zero-order valence-corrected chi connectivity index (χ0v) is 11.9. The van der Waals surface area contributed by atoms with Crippen molar-refractivity contribution in [3.8, 4) is 0 Å². The maximum Gasteiger partial charge on any atom is 0.330 e. The quantitative estimate of drug-likeness (QED) is 0.797. The monoisotopic (exact) mass is 295 g/mol. The molecule has 7 nitrogen and oxygen atoms in total. The van der Waals surface area contributed by atoms with Crippen LogP contribution in [-0.4, -0.2) is 51.4 Å². The van der Waals surface area contributed by atoms with Crippen molar-refractivity contribution in [3.05, 3.63) is 33.1 Å². The maximum absolute atomic E-state index is 12.0. The number of aromatic nitrogens is 2. The fraction of sp³-hybridized carbons (Fsp3) is 0.714. The van der Waals surface area contributed by atoms with E-state index < -0.39 is 17.5 Å². The number of ether oxygens (including phenoxy) is 1. The third-order valence-electron chi connectivity index (χ3n) is 4.35. The summed E-state index contributed by atoms with van der Waals surface area (Å²) in [6, 6.07) is 1.38. The van der Waals surface area contributed by atoms with Gasteiger partial charge in [0.2, 0.25) is 0 Å². The van der Waals surface area contributed by atoms with Gasteiger partial charge in [0.1, 0.15) is 0 Å². The molecule has 1 unspecified atom stereocenters. The van der Waals surface area contributed by atoms with Crippen LogP contribution in [0.4, 0.5) is 0 Å². The third-order valence-corrected chi connectivity index (χ3v) is 4.35. The number of rotatable bonds is 3. The molecule has 0 aliphatic carbocycles. The highest BCUT2D eigenvalue weighted by molar-refractivity contribution is 4.93. The molecule has 0 aromatic carbocycles. The van der Waals surface area contributed by atoms with Crippen LogP contribution in [0, 0.1) is 0 Å². The second kappa shape index (κ2) is 6.13. The van der Waals surface area contributed by atoms with Crippen LogP contribution in [0.5, 0.6) is 0 Å². The predicted octanol–water partition coefficient (Wildman–Crippen LogP) is -0.329. The fourth-order valence-corrected chi connectivity index (χ4v) is 3.30. The Kier molecular flexibility index (Phi) is 4.23. The number of piperidine rings is 1. The minimum atomic E-state index is -0.465. The van der Waals surface area contributed by atoms with Gasteiger partial charge in [-0.2, -0.15) is 0 Å². The fourth-order valence-electron chi connectivity index (χ4n) is 3.30. The van der Waals surface area contributed by atoms with Gasteiger partial charge >= 0.3 is 5.69 Å². The van der Waals surface area contributed by atoms with E-state index in [0.29, 0.717) is 6.42 Å². The second-order valence-corrected chi connectivity index (χ2v) is 5.75. The number of hydrogen-bond donors (Lipinski definition) is 2. The normalized spacial score (nSPS) is 30.6. The molecule has 3 atom stereocenters. The molecule has 1 aromatic heterocycles. The van der Waals surface area contributed by atoms with Gasteiger partial charge in [-0.05, 0) is 32.4 Å². The molecule has 0 bridgehead atoms. The molecule has 0 saturated carbocycles. The number of aliphatic hydroxyl groups is 1. The largest absolute Gasteiger partial charge is 0.394 e. The highest BCUT2D eigenvalue weighted by Crippen LogP contribution is 2.33. The Morgan fingerprint density at radius 1 is 1.29 bits per heavy atom. The Morgan fingerprint density at radius 3 is 2.71 bits per heavy atom. The number of aromatic amines is 1. The molecule has 2 aliphatic heterocycles. The average molecular weight is 295 g/mol. The van der Waals surface area contributed by atoms with Crippen LogP contribution in [-0.2, 0) is 4.74 Å². The van der Waals surface area contributed by atoms with Gasteiger partial charge in [-0.15, -0.1) is 0 Å². The lowest BCUT2D eigenvalue weighted by molar-refractivity contribution is -0.0454. The lowest BCUT2D eigenvalue weighted by atomic mass is 10.0. The van der Waals surface area contributed by atoms with E-state index in [0.717, 1.165) is 25.9 Å². The first-order valence-electron chi connectivity index (χ1n) is 7.51. The molecule has 2 aliphatic rings. The molecule has 2 N–H and O–H groups in total. The predicted molar refractivity (Wildman–Crippen MR) is 76.1 cm³/mol. The number of hydrogen-bond acceptors (Lipinski definition) is 5. The van der Waals surface area contributed by atoms with Crippen LogP contribution < -0.4 is 11.2 Å². The van der Waals surface area contributed by atoms with Gasteiger partial charge in [-0.25, -0.2) is 4.79 Å². The van der Waals surface area contributed by atoms with Gasteiger partial charge in [0.15, 0.2) is 6.23 Å². The summed E-state index contributed by atoms with van der Waals surface area (Å²) < 4.78 is 7.26. The van der Waals surface area contributed by atoms with Gasteiger partial charge in [-0.1, -0.05) is 6.42 Å². The number of nitrogens with zero attached hydrogens (tertiary/aromatic N) is 2. The molecule has 0 amide bonds. The Balaban J connectivity index is 1.89. The van der Waals surface area contributed by atoms with Gasteiger partial charge in [0.25, 0.3) is 5.56 Å². The minimum Gasteiger partial charge on any atom is -0.394 e. The van der Waals surface area contributed by atoms with Crippen molar-refractivity contribution >= 4 is 0 Å². The minimum absolute atomic E-state index is 0.0566. The van der Waals surface area contributed by atoms with Crippen LogP contribution in [0.3, 0.4) is 0 Å². The summed E-state index contributed by atoms with van der Waals surface area (Å²) in [4.78, 5) is 27.8. The van der Waals surface area contributed by atoms with Crippen molar-refractivity contribution in [1.82, 2.24) is 14.5 Å². The summed E-state index contributed by atoms with van der Waals surface area (Å²) in [5, 5.41) is 9.37. The molecular weight excluding hydrogens is 274 g/mol. The van der Waals surface area contributed by atoms with E-state index in [1.807, 2.05) is 0 Å². The first-order valence-corrected chi connectivity index (χ1v) is 7.51. The number of aliphatic hydroxyl groups excluding tert-OH is 1. The van der Waals surface area contributed by atoms with E-state index in [4.69, 9.17) is 4.74 Å². The van der Waals surface area contributed by atoms with Crippen LogP contribution >= 0.6 is 0 Å². The summed E-state index contributed by atoms with van der Waals surface area (Å²) >= 11 is 0. The van der Waals surface area contributed by atoms with E-state index in [9.17, 15) is 14.7 Å². The van der Waals surface area contributed by atoms with Crippen molar-refractivity contribution in [2.24, 2.45) is 0 Å². The Labute approximate surface area is 122 Å². The van der Waals surface area contributed by atoms with Crippen LogP contribution in [0.2, 0.25) is 0 Å². The zero-order valence-electron chi connectivity index (χ0n) is 11.9. The summed E-state index contributed by atoms with van der Waals surface area (Å²) in [5.74, 6) is 0. The zero-order chi connectivity index (χ0) is 14.8. The number of likely N-dealkylation sites (tertiary alicyclic amines) is 1. The number of nitrogens with one attached hydrogen (secondary N) is 1. The highest BCUT2D eigenvalue weighted by Gasteiger charge is 2.40. The molecule has 21 heavy (non-hydrogen) atoms. The summed E-state index contributed by atoms with van der Waals surface area (Å²) in [6.07, 6.45) is 4.98. The smallest absolute Gasteiger partial charge is 0.330 e. The average Bonchev–Trinajstić information content (AvgIpc) is 2.92. The first kappa shape index (κ1) is 14.5. The van der Waals surface area contributed by atoms with E-state index in [2.05, 4.69) is 9.88 Å². The van der Waals surface area contributed by atoms with Crippen molar-refractivity contribution in [3.63, 3.8) is 0 Å². The standard InChI is InChI=1S/C14H21N3O4/c18-9-10-8-11(16-5-2-1-3-6-16)13(21-10)17-7-4-12(19)15-14(17)20/h4,7,10-11,13,18H,1-3,5-6,8-9H2,(H,15,19,20)/t10-,11?,13+/m0/s1. The topological polar surface area (TPSA) is 87.6 Å². The molecule has 2 fully saturated rings. The van der Waals surface area contributed by atoms with Gasteiger partial charge < -0.3 is 9.84 Å². The first-order chi connectivity index (χ1) is 10.2. The molecule has 3 rings (SSSR count). The lowest BCUT2D eigenvalue weighted by Crippen LogP contribution is -2.45. The van der Waals surface area contributed by atoms with Crippen molar-refractivity contribution < 1.29 is 9.84 Å². The van der Waals surface area contributed by atoms with E-state index in [1.165, 1.54) is 23.3 Å². The summed E-state index contributed by atoms with van der Waals surface area (Å²) in [5.41, 5.74) is -0.879. The lowest BCUT2D eigenvalue weighted by Gasteiger charge is -2.34. The SMILES string of the molecule is O=c1ccn([C@@H]2O[C@H](CO)CC2N2CCCCC2)c(=O)[nH]1. The maximum atomic E-state index is 12.0. The highest BCUT2D eigenvalue weighted by atomic mass is 16.5. The second-order valence-electron chi connectivity index (χ2n) is 5.75. The van der Waals surface area contributed by atoms with Crippen LogP contribution in [0.1, 0.15) is 31.9 Å². The molecule has 3 heterocycles. The summed E-state index contributed by atoms with van der Waals surface area (Å²) in [7, 11) is 0. The molecular formula is C14H21N3O4. The van der Waals surface area contributed by atoms with Crippen molar-refractivity contribution in [1.29, 1.82) is 0 Å². The molecule has 0 spiro atoms. The van der Waals surface area contributed by atoms with E-state index in [-0.39, 0.29) is 18.8 Å². The number of H-pyrrole nitrogens is 1. The van der Waals surface area contributed by atoms with Gasteiger partial charge in [0, 0.05) is 12.3 Å². The van der Waals surface area contributed by atoms with Crippen molar-refractivity contribution in [2.75, 3.05) is 19.7 Å². The Bertz CT molecular complexity index is 590. The molecule has 0 radical (unpaired) electrons. The molecule has 7 heteroatoms. The molecule has 116 valence electrons. The van der Waals surface area contributed by atoms with Crippen molar-refractivity contribution in [2.45, 2.75) is 44.1 Å². The Morgan fingerprint density at radius 2 is 2.05 bits per heavy atom. The van der Waals surface area contributed by atoms with Gasteiger partial charge in [-0.3, -0.25) is 19.2 Å². The van der Waals surface area contributed by atoms with Gasteiger partial charge in [0.05, 0.1) is 18.8 Å². The third kappa shape index (κ3) is 2.95.